The fraction of sp³-hybridized carbons (Fsp3) is 0.844. The molecule has 28 nitrogen and oxygen atoms in total. The van der Waals surface area contributed by atoms with Crippen LogP contribution in [0.3, 0.4) is 0 Å². The van der Waals surface area contributed by atoms with Crippen molar-refractivity contribution < 1.29 is 116 Å². The molecule has 0 aromatic heterocycles. The van der Waals surface area contributed by atoms with E-state index in [1.54, 1.807) is 0 Å². The molecule has 19 atom stereocenters. The van der Waals surface area contributed by atoms with Gasteiger partial charge >= 0.3 is 10.4 Å². The van der Waals surface area contributed by atoms with Crippen molar-refractivity contribution in [2.24, 2.45) is 0 Å². The zero-order valence-electron chi connectivity index (χ0n) is 33.0. The fourth-order valence-corrected chi connectivity index (χ4v) is 7.13. The molecule has 3 aliphatic rings. The Balaban J connectivity index is 1.98. The molecule has 0 radical (unpaired) electrons. The van der Waals surface area contributed by atoms with E-state index in [0.29, 0.717) is 0 Å². The minimum absolute atomic E-state index is 0.0174. The van der Waals surface area contributed by atoms with Crippen LogP contribution in [0.2, 0.25) is 0 Å². The van der Waals surface area contributed by atoms with Crippen LogP contribution in [-0.2, 0) is 67.0 Å². The van der Waals surface area contributed by atoms with Gasteiger partial charge in [-0.15, -0.1) is 0 Å². The van der Waals surface area contributed by atoms with Crippen LogP contribution in [0.5, 0.6) is 0 Å². The van der Waals surface area contributed by atoms with Crippen LogP contribution in [-0.4, -0.2) is 232 Å². The van der Waals surface area contributed by atoms with Crippen molar-refractivity contribution in [1.29, 1.82) is 0 Å². The molecule has 0 unspecified atom stereocenters. The Labute approximate surface area is 347 Å². The molecule has 0 aliphatic carbocycles. The standard InChI is InChI=1S/C32H54N4O24S/c1-10(41)33-14(5-37)22(46)27(15(45)9-54-61(51,52)53)58-31-20(35-12(3)43)25(49)29(17(7-39)56-31)60-32-21(36-13(4)44)26(50)28(18(8-40)57-32)59-30-19(34-11(2)42)24(48)23(47)16(6-38)55-30/h5,14-32,38-40,45-50H,6-9H2,1-4H3,(H,33,41)(H,34,42)(H,35,43)(H,36,44)(H,51,52,53)/t14-,15+,16+,17+,18+,19+,20+,21+,22+,23+,24+,25+,26+,27+,28+,29+,30-,31-,32-/m0/s1. The second kappa shape index (κ2) is 23.0. The van der Waals surface area contributed by atoms with Gasteiger partial charge < -0.3 is 100 Å². The quantitative estimate of drug-likeness (QED) is 0.0398. The summed E-state index contributed by atoms with van der Waals surface area (Å²) in [6.07, 6.45) is -28.4. The number of hydrogen-bond donors (Lipinski definition) is 14. The second-order valence-electron chi connectivity index (χ2n) is 14.3. The smallest absolute Gasteiger partial charge is 0.394 e. The van der Waals surface area contributed by atoms with Crippen molar-refractivity contribution in [3.63, 3.8) is 0 Å². The van der Waals surface area contributed by atoms with Gasteiger partial charge in [0, 0.05) is 27.7 Å². The maximum absolute atomic E-state index is 12.4. The molecule has 0 saturated carbocycles. The monoisotopic (exact) mass is 910 g/mol. The van der Waals surface area contributed by atoms with Crippen molar-refractivity contribution in [2.75, 3.05) is 26.4 Å². The highest BCUT2D eigenvalue weighted by molar-refractivity contribution is 7.80. The number of hydrogen-bond acceptors (Lipinski definition) is 23. The van der Waals surface area contributed by atoms with E-state index in [9.17, 15) is 78.3 Å². The Kier molecular flexibility index (Phi) is 19.6. The zero-order valence-corrected chi connectivity index (χ0v) is 33.8. The average molecular weight is 911 g/mol. The lowest BCUT2D eigenvalue weighted by atomic mass is 9.93. The van der Waals surface area contributed by atoms with Gasteiger partial charge in [0.2, 0.25) is 23.6 Å². The van der Waals surface area contributed by atoms with E-state index in [0.717, 1.165) is 27.7 Å². The third-order valence-electron chi connectivity index (χ3n) is 9.56. The first-order chi connectivity index (χ1) is 28.5. The largest absolute Gasteiger partial charge is 0.397 e. The summed E-state index contributed by atoms with van der Waals surface area (Å²) >= 11 is 0. The lowest BCUT2D eigenvalue weighted by Crippen LogP contribution is -2.71. The van der Waals surface area contributed by atoms with E-state index in [1.807, 2.05) is 5.32 Å². The van der Waals surface area contributed by atoms with Crippen molar-refractivity contribution >= 4 is 40.3 Å². The van der Waals surface area contributed by atoms with Crippen LogP contribution >= 0.6 is 0 Å². The Morgan fingerprint density at radius 2 is 1.07 bits per heavy atom. The van der Waals surface area contributed by atoms with Gasteiger partial charge in [0.25, 0.3) is 0 Å². The first kappa shape index (κ1) is 52.2. The summed E-state index contributed by atoms with van der Waals surface area (Å²) in [4.78, 5) is 60.3. The molecule has 61 heavy (non-hydrogen) atoms. The summed E-state index contributed by atoms with van der Waals surface area (Å²) in [6, 6.07) is -6.93. The van der Waals surface area contributed by atoms with E-state index in [2.05, 4.69) is 20.1 Å². The Hall–Kier alpha value is -3.18. The molecular formula is C32H54N4O24S. The zero-order chi connectivity index (χ0) is 46.1. The molecule has 3 fully saturated rings. The predicted octanol–water partition coefficient (Wildman–Crippen LogP) is -9.50. The molecular weight excluding hydrogens is 856 g/mol. The van der Waals surface area contributed by atoms with Crippen LogP contribution < -0.4 is 21.3 Å². The fourth-order valence-electron chi connectivity index (χ4n) is 6.82. The Morgan fingerprint density at radius 3 is 1.46 bits per heavy atom. The SMILES string of the molecule is CC(=O)N[C@H]1[C@H](O[C@@H]([C@H](O)[C@H](C=O)NC(C)=O)[C@H](O)COS(=O)(=O)O)O[C@H](CO)[C@@H](O[C@@H]2O[C@H](CO)[C@@H](O[C@@H]3O[C@H](CO)[C@@H](O)[C@H](O)[C@H]3NC(C)=O)[C@H](O)[C@H]2NC(C)=O)[C@@H]1O. The third kappa shape index (κ3) is 13.9. The molecule has 29 heteroatoms. The lowest BCUT2D eigenvalue weighted by Gasteiger charge is -2.50. The van der Waals surface area contributed by atoms with Crippen molar-refractivity contribution in [2.45, 2.75) is 144 Å². The van der Waals surface area contributed by atoms with Crippen LogP contribution in [0.4, 0.5) is 0 Å². The maximum Gasteiger partial charge on any atom is 0.397 e. The van der Waals surface area contributed by atoms with Crippen molar-refractivity contribution in [3.05, 3.63) is 0 Å². The summed E-state index contributed by atoms with van der Waals surface area (Å²) < 4.78 is 70.4. The highest BCUT2D eigenvalue weighted by Gasteiger charge is 2.55. The highest BCUT2D eigenvalue weighted by Crippen LogP contribution is 2.33. The number of nitrogens with one attached hydrogen (secondary N) is 4. The van der Waals surface area contributed by atoms with Gasteiger partial charge in [-0.2, -0.15) is 8.42 Å². The summed E-state index contributed by atoms with van der Waals surface area (Å²) in [5.41, 5.74) is 0. The Morgan fingerprint density at radius 1 is 0.656 bits per heavy atom. The molecule has 0 aromatic carbocycles. The maximum atomic E-state index is 12.4. The molecule has 14 N–H and O–H groups in total. The van der Waals surface area contributed by atoms with Gasteiger partial charge in [0.1, 0.15) is 104 Å². The minimum Gasteiger partial charge on any atom is -0.394 e. The number of aliphatic hydroxyl groups excluding tert-OH is 9. The number of carbonyl (C=O) groups is 5. The number of ether oxygens (including phenoxy) is 6. The van der Waals surface area contributed by atoms with Crippen molar-refractivity contribution in [3.8, 4) is 0 Å². The minimum atomic E-state index is -5.22. The first-order valence-electron chi connectivity index (χ1n) is 18.5. The number of amides is 4. The molecule has 4 amide bonds. The van der Waals surface area contributed by atoms with E-state index in [1.165, 1.54) is 0 Å². The van der Waals surface area contributed by atoms with Crippen LogP contribution in [0.1, 0.15) is 27.7 Å². The second-order valence-corrected chi connectivity index (χ2v) is 15.3. The number of aldehydes is 1. The molecule has 352 valence electrons. The highest BCUT2D eigenvalue weighted by atomic mass is 32.3. The average Bonchev–Trinajstić information content (AvgIpc) is 3.17. The Bertz CT molecular complexity index is 1600. The third-order valence-corrected chi connectivity index (χ3v) is 9.99. The van der Waals surface area contributed by atoms with Crippen LogP contribution in [0.15, 0.2) is 0 Å². The van der Waals surface area contributed by atoms with E-state index in [-0.39, 0.29) is 6.29 Å². The summed E-state index contributed by atoms with van der Waals surface area (Å²) in [7, 11) is -5.22. The van der Waals surface area contributed by atoms with Gasteiger partial charge in [-0.1, -0.05) is 0 Å². The van der Waals surface area contributed by atoms with E-state index >= 15 is 0 Å². The van der Waals surface area contributed by atoms with E-state index in [4.69, 9.17) is 33.0 Å². The molecule has 0 bridgehead atoms. The number of rotatable bonds is 20. The normalized spacial score (nSPS) is 36.4. The lowest BCUT2D eigenvalue weighted by molar-refractivity contribution is -0.357. The molecule has 3 aliphatic heterocycles. The van der Waals surface area contributed by atoms with Crippen LogP contribution in [0.25, 0.3) is 0 Å². The summed E-state index contributed by atoms with van der Waals surface area (Å²) in [5, 5.41) is 106. The molecule has 0 aromatic rings. The van der Waals surface area contributed by atoms with E-state index < -0.39 is 177 Å². The van der Waals surface area contributed by atoms with Crippen LogP contribution in [0, 0.1) is 0 Å². The van der Waals surface area contributed by atoms with Gasteiger partial charge in [0.15, 0.2) is 18.9 Å². The molecule has 0 spiro atoms. The summed E-state index contributed by atoms with van der Waals surface area (Å²) in [5.74, 6) is -3.29. The molecule has 3 rings (SSSR count). The topological polar surface area (TPSA) is 435 Å². The number of aliphatic hydroxyl groups is 9. The predicted molar refractivity (Wildman–Crippen MR) is 192 cm³/mol. The van der Waals surface area contributed by atoms with Gasteiger partial charge in [0.05, 0.1) is 26.4 Å². The summed E-state index contributed by atoms with van der Waals surface area (Å²) in [6.45, 7) is -0.227. The van der Waals surface area contributed by atoms with Gasteiger partial charge in [-0.05, 0) is 0 Å². The number of carbonyl (C=O) groups excluding carboxylic acids is 5. The first-order valence-corrected chi connectivity index (χ1v) is 19.8. The molecule has 3 saturated heterocycles. The van der Waals surface area contributed by atoms with Crippen molar-refractivity contribution in [1.82, 2.24) is 21.3 Å². The molecule has 3 heterocycles. The van der Waals surface area contributed by atoms with Gasteiger partial charge in [-0.25, -0.2) is 4.18 Å². The van der Waals surface area contributed by atoms with Gasteiger partial charge in [-0.3, -0.25) is 23.7 Å².